The lowest BCUT2D eigenvalue weighted by Gasteiger charge is -2.25. The largest absolute Gasteiger partial charge is 0.482 e. The van der Waals surface area contributed by atoms with Crippen molar-refractivity contribution in [2.75, 3.05) is 6.61 Å². The van der Waals surface area contributed by atoms with Gasteiger partial charge in [-0.1, -0.05) is 30.3 Å². The van der Waals surface area contributed by atoms with Crippen LogP contribution in [0.5, 0.6) is 5.75 Å². The second-order valence-corrected chi connectivity index (χ2v) is 5.01. The molecule has 0 aliphatic carbocycles. The van der Waals surface area contributed by atoms with Crippen molar-refractivity contribution >= 4 is 11.9 Å². The third-order valence-corrected chi connectivity index (χ3v) is 3.51. The summed E-state index contributed by atoms with van der Waals surface area (Å²) in [6.45, 7) is -0.384. The van der Waals surface area contributed by atoms with Gasteiger partial charge in [-0.05, 0) is 29.3 Å². The van der Waals surface area contributed by atoms with E-state index in [9.17, 15) is 9.59 Å². The van der Waals surface area contributed by atoms with E-state index in [1.807, 2.05) is 18.2 Å². The lowest BCUT2D eigenvalue weighted by Crippen LogP contribution is -2.21. The zero-order chi connectivity index (χ0) is 15.5. The third-order valence-electron chi connectivity index (χ3n) is 3.51. The molecule has 1 atom stereocenters. The molecular weight excluding hydrogens is 284 g/mol. The van der Waals surface area contributed by atoms with E-state index in [0.717, 1.165) is 11.1 Å². The van der Waals surface area contributed by atoms with Gasteiger partial charge in [0.25, 0.3) is 0 Å². The minimum atomic E-state index is -1.03. The van der Waals surface area contributed by atoms with Gasteiger partial charge in [0.05, 0.1) is 5.56 Å². The SMILES string of the molecule is O=C(O)COc1ccc([C@@H]2Cc3ccccc3C(=O)O2)cc1. The van der Waals surface area contributed by atoms with Crippen LogP contribution < -0.4 is 4.74 Å². The van der Waals surface area contributed by atoms with Crippen molar-refractivity contribution in [3.8, 4) is 5.75 Å². The summed E-state index contributed by atoms with van der Waals surface area (Å²) in [6, 6.07) is 14.3. The topological polar surface area (TPSA) is 72.8 Å². The molecule has 0 amide bonds. The van der Waals surface area contributed by atoms with Gasteiger partial charge < -0.3 is 14.6 Å². The van der Waals surface area contributed by atoms with E-state index in [4.69, 9.17) is 14.6 Å². The van der Waals surface area contributed by atoms with Crippen LogP contribution in [0.2, 0.25) is 0 Å². The number of carboxylic acid groups (broad SMARTS) is 1. The molecule has 0 bridgehead atoms. The molecule has 0 saturated carbocycles. The number of aliphatic carboxylic acids is 1. The highest BCUT2D eigenvalue weighted by Gasteiger charge is 2.26. The first-order chi connectivity index (χ1) is 10.6. The molecule has 1 aliphatic rings. The van der Waals surface area contributed by atoms with Gasteiger partial charge in [-0.25, -0.2) is 9.59 Å². The van der Waals surface area contributed by atoms with Crippen LogP contribution in [-0.2, 0) is 16.0 Å². The van der Waals surface area contributed by atoms with Gasteiger partial charge in [0.1, 0.15) is 11.9 Å². The van der Waals surface area contributed by atoms with Crippen LogP contribution in [0.1, 0.15) is 27.6 Å². The van der Waals surface area contributed by atoms with Crippen molar-refractivity contribution < 1.29 is 24.2 Å². The number of benzene rings is 2. The Morgan fingerprint density at radius 3 is 2.64 bits per heavy atom. The summed E-state index contributed by atoms with van der Waals surface area (Å²) in [6.07, 6.45) is 0.285. The highest BCUT2D eigenvalue weighted by atomic mass is 16.5. The Labute approximate surface area is 127 Å². The van der Waals surface area contributed by atoms with E-state index in [1.165, 1.54) is 0 Å². The summed E-state index contributed by atoms with van der Waals surface area (Å²) in [5.41, 5.74) is 2.43. The average Bonchev–Trinajstić information content (AvgIpc) is 2.53. The molecule has 22 heavy (non-hydrogen) atoms. The van der Waals surface area contributed by atoms with Gasteiger partial charge in [0, 0.05) is 6.42 Å². The first-order valence-electron chi connectivity index (χ1n) is 6.87. The number of fused-ring (bicyclic) bond motifs is 1. The molecule has 0 radical (unpaired) electrons. The lowest BCUT2D eigenvalue weighted by molar-refractivity contribution is -0.139. The Balaban J connectivity index is 1.75. The molecule has 1 N–H and O–H groups in total. The van der Waals surface area contributed by atoms with Gasteiger partial charge in [0.15, 0.2) is 6.61 Å². The van der Waals surface area contributed by atoms with E-state index < -0.39 is 5.97 Å². The van der Waals surface area contributed by atoms with E-state index in [0.29, 0.717) is 17.7 Å². The fourth-order valence-electron chi connectivity index (χ4n) is 2.44. The monoisotopic (exact) mass is 298 g/mol. The predicted octanol–water partition coefficient (Wildman–Crippen LogP) is 2.60. The second kappa shape index (κ2) is 5.89. The molecule has 2 aromatic rings. The molecule has 0 fully saturated rings. The number of carbonyl (C=O) groups excluding carboxylic acids is 1. The lowest BCUT2D eigenvalue weighted by atomic mass is 9.95. The molecule has 3 rings (SSSR count). The van der Waals surface area contributed by atoms with E-state index in [-0.39, 0.29) is 18.7 Å². The summed E-state index contributed by atoms with van der Waals surface area (Å²) in [4.78, 5) is 22.5. The van der Waals surface area contributed by atoms with Crippen LogP contribution >= 0.6 is 0 Å². The Morgan fingerprint density at radius 1 is 1.18 bits per heavy atom. The minimum Gasteiger partial charge on any atom is -0.482 e. The molecule has 0 unspecified atom stereocenters. The maximum absolute atomic E-state index is 12.0. The van der Waals surface area contributed by atoms with Gasteiger partial charge >= 0.3 is 11.9 Å². The number of hydrogen-bond acceptors (Lipinski definition) is 4. The first kappa shape index (κ1) is 14.1. The molecule has 2 aromatic carbocycles. The summed E-state index contributed by atoms with van der Waals surface area (Å²) in [5.74, 6) is -0.881. The molecule has 0 saturated heterocycles. The number of hydrogen-bond donors (Lipinski definition) is 1. The smallest absolute Gasteiger partial charge is 0.341 e. The molecule has 112 valence electrons. The average molecular weight is 298 g/mol. The maximum atomic E-state index is 12.0. The van der Waals surface area contributed by atoms with E-state index >= 15 is 0 Å². The summed E-state index contributed by atoms with van der Waals surface area (Å²) in [5, 5.41) is 8.57. The highest BCUT2D eigenvalue weighted by Crippen LogP contribution is 2.31. The summed E-state index contributed by atoms with van der Waals surface area (Å²) in [7, 11) is 0. The predicted molar refractivity (Wildman–Crippen MR) is 77.9 cm³/mol. The minimum absolute atomic E-state index is 0.321. The quantitative estimate of drug-likeness (QED) is 0.878. The van der Waals surface area contributed by atoms with Crippen molar-refractivity contribution in [2.45, 2.75) is 12.5 Å². The molecule has 0 aromatic heterocycles. The zero-order valence-electron chi connectivity index (χ0n) is 11.7. The number of carbonyl (C=O) groups is 2. The van der Waals surface area contributed by atoms with Crippen LogP contribution in [0.15, 0.2) is 48.5 Å². The Morgan fingerprint density at radius 2 is 1.91 bits per heavy atom. The van der Waals surface area contributed by atoms with Crippen molar-refractivity contribution in [1.29, 1.82) is 0 Å². The number of cyclic esters (lactones) is 1. The van der Waals surface area contributed by atoms with Gasteiger partial charge in [-0.15, -0.1) is 0 Å². The van der Waals surface area contributed by atoms with Gasteiger partial charge in [-0.2, -0.15) is 0 Å². The maximum Gasteiger partial charge on any atom is 0.341 e. The van der Waals surface area contributed by atoms with Crippen molar-refractivity contribution in [3.05, 3.63) is 65.2 Å². The standard InChI is InChI=1S/C17H14O5/c18-16(19)10-21-13-7-5-11(6-8-13)15-9-12-3-1-2-4-14(12)17(20)22-15/h1-8,15H,9-10H2,(H,18,19)/t15-/m0/s1. The van der Waals surface area contributed by atoms with Crippen molar-refractivity contribution in [2.24, 2.45) is 0 Å². The Hall–Kier alpha value is -2.82. The number of esters is 1. The normalized spacial score (nSPS) is 16.5. The molecular formula is C17H14O5. The molecule has 1 heterocycles. The summed E-state index contributed by atoms with van der Waals surface area (Å²) < 4.78 is 10.5. The Bertz CT molecular complexity index is 705. The van der Waals surface area contributed by atoms with Crippen molar-refractivity contribution in [1.82, 2.24) is 0 Å². The van der Waals surface area contributed by atoms with Crippen molar-refractivity contribution in [3.63, 3.8) is 0 Å². The van der Waals surface area contributed by atoms with Crippen LogP contribution in [0.3, 0.4) is 0 Å². The molecule has 5 nitrogen and oxygen atoms in total. The Kier molecular flexibility index (Phi) is 3.78. The third kappa shape index (κ3) is 2.93. The number of rotatable bonds is 4. The molecule has 1 aliphatic heterocycles. The van der Waals surface area contributed by atoms with E-state index in [1.54, 1.807) is 30.3 Å². The molecule has 0 spiro atoms. The first-order valence-corrected chi connectivity index (χ1v) is 6.87. The molecule has 5 heteroatoms. The van der Waals surface area contributed by atoms with Crippen LogP contribution in [-0.4, -0.2) is 23.7 Å². The number of ether oxygens (including phenoxy) is 2. The highest BCUT2D eigenvalue weighted by molar-refractivity contribution is 5.92. The van der Waals surface area contributed by atoms with Crippen LogP contribution in [0.25, 0.3) is 0 Å². The number of carboxylic acids is 1. The van der Waals surface area contributed by atoms with Gasteiger partial charge in [0.2, 0.25) is 0 Å². The van der Waals surface area contributed by atoms with Gasteiger partial charge in [-0.3, -0.25) is 0 Å². The van der Waals surface area contributed by atoms with Crippen LogP contribution in [0.4, 0.5) is 0 Å². The summed E-state index contributed by atoms with van der Waals surface area (Å²) >= 11 is 0. The van der Waals surface area contributed by atoms with E-state index in [2.05, 4.69) is 0 Å². The fraction of sp³-hybridized carbons (Fsp3) is 0.176. The zero-order valence-corrected chi connectivity index (χ0v) is 11.7. The second-order valence-electron chi connectivity index (χ2n) is 5.01. The van der Waals surface area contributed by atoms with Crippen LogP contribution in [0, 0.1) is 0 Å². The fourth-order valence-corrected chi connectivity index (χ4v) is 2.44.